The van der Waals surface area contributed by atoms with Gasteiger partial charge in [0.2, 0.25) is 0 Å². The van der Waals surface area contributed by atoms with Crippen LogP contribution in [0.4, 0.5) is 0 Å². The standard InChI is InChI=1S/C24H26N4O4/c1-14(27-21(23(29)30)10-15-12-25-19-8-4-2-6-17(15)19)28-22(24(31)32)11-16-13-26-20-9-5-3-7-18(16)20/h2-9,12-14,21-22,25-28H,10-11H2,1H3,(H,29,30)(H,31,32)/t21-,22-/m0/s1. The van der Waals surface area contributed by atoms with Gasteiger partial charge in [0.15, 0.2) is 0 Å². The predicted octanol–water partition coefficient (Wildman–Crippen LogP) is 2.87. The fourth-order valence-corrected chi connectivity index (χ4v) is 4.13. The zero-order valence-electron chi connectivity index (χ0n) is 17.6. The Balaban J connectivity index is 1.44. The Labute approximate surface area is 184 Å². The van der Waals surface area contributed by atoms with Crippen LogP contribution in [0.5, 0.6) is 0 Å². The van der Waals surface area contributed by atoms with Crippen molar-refractivity contribution in [1.82, 2.24) is 20.6 Å². The van der Waals surface area contributed by atoms with Crippen molar-refractivity contribution in [3.63, 3.8) is 0 Å². The monoisotopic (exact) mass is 434 g/mol. The van der Waals surface area contributed by atoms with Gasteiger partial charge in [-0.15, -0.1) is 0 Å². The van der Waals surface area contributed by atoms with E-state index < -0.39 is 30.2 Å². The molecule has 0 aliphatic heterocycles. The number of rotatable bonds is 10. The summed E-state index contributed by atoms with van der Waals surface area (Å²) < 4.78 is 0. The quantitative estimate of drug-likeness (QED) is 0.213. The van der Waals surface area contributed by atoms with E-state index in [9.17, 15) is 19.8 Å². The largest absolute Gasteiger partial charge is 0.480 e. The number of aromatic amines is 2. The second kappa shape index (κ2) is 9.25. The van der Waals surface area contributed by atoms with Gasteiger partial charge in [0, 0.05) is 47.0 Å². The van der Waals surface area contributed by atoms with E-state index >= 15 is 0 Å². The molecule has 8 nitrogen and oxygen atoms in total. The molecule has 0 aliphatic carbocycles. The minimum atomic E-state index is -0.993. The fraction of sp³-hybridized carbons (Fsp3) is 0.250. The highest BCUT2D eigenvalue weighted by atomic mass is 16.4. The average molecular weight is 434 g/mol. The fourth-order valence-electron chi connectivity index (χ4n) is 4.13. The first-order valence-electron chi connectivity index (χ1n) is 10.5. The Hall–Kier alpha value is -3.62. The van der Waals surface area contributed by atoms with Gasteiger partial charge in [-0.1, -0.05) is 36.4 Å². The number of carboxylic acid groups (broad SMARTS) is 2. The summed E-state index contributed by atoms with van der Waals surface area (Å²) in [5, 5.41) is 27.5. The molecule has 6 N–H and O–H groups in total. The van der Waals surface area contributed by atoms with Crippen LogP contribution >= 0.6 is 0 Å². The molecule has 0 bridgehead atoms. The van der Waals surface area contributed by atoms with Crippen LogP contribution in [0.2, 0.25) is 0 Å². The summed E-state index contributed by atoms with van der Waals surface area (Å²) in [5.41, 5.74) is 3.67. The van der Waals surface area contributed by atoms with E-state index in [2.05, 4.69) is 20.6 Å². The minimum Gasteiger partial charge on any atom is -0.480 e. The Kier molecular flexibility index (Phi) is 6.25. The highest BCUT2D eigenvalue weighted by molar-refractivity contribution is 5.85. The molecule has 8 heteroatoms. The molecule has 166 valence electrons. The molecule has 2 aromatic carbocycles. The second-order valence-corrected chi connectivity index (χ2v) is 7.96. The van der Waals surface area contributed by atoms with Crippen LogP contribution < -0.4 is 10.6 Å². The van der Waals surface area contributed by atoms with Crippen molar-refractivity contribution in [2.24, 2.45) is 0 Å². The van der Waals surface area contributed by atoms with Gasteiger partial charge in [0.05, 0.1) is 6.17 Å². The molecule has 0 saturated carbocycles. The van der Waals surface area contributed by atoms with Crippen LogP contribution in [-0.4, -0.2) is 50.4 Å². The molecule has 4 aromatic rings. The molecule has 2 atom stereocenters. The summed E-state index contributed by atoms with van der Waals surface area (Å²) >= 11 is 0. The normalized spacial score (nSPS) is 13.6. The van der Waals surface area contributed by atoms with E-state index in [1.54, 1.807) is 6.92 Å². The van der Waals surface area contributed by atoms with Crippen LogP contribution in [-0.2, 0) is 22.4 Å². The summed E-state index contributed by atoms with van der Waals surface area (Å²) in [6.07, 6.45) is 3.64. The topological polar surface area (TPSA) is 130 Å². The first kappa shape index (κ1) is 21.6. The van der Waals surface area contributed by atoms with Crippen molar-refractivity contribution in [3.05, 3.63) is 72.1 Å². The first-order chi connectivity index (χ1) is 15.4. The van der Waals surface area contributed by atoms with Gasteiger partial charge in [-0.2, -0.15) is 0 Å². The maximum atomic E-state index is 11.9. The van der Waals surface area contributed by atoms with Gasteiger partial charge < -0.3 is 20.2 Å². The van der Waals surface area contributed by atoms with Crippen molar-refractivity contribution >= 4 is 33.7 Å². The number of fused-ring (bicyclic) bond motifs is 2. The van der Waals surface area contributed by atoms with Gasteiger partial charge in [0.25, 0.3) is 0 Å². The van der Waals surface area contributed by atoms with Crippen LogP contribution in [0.3, 0.4) is 0 Å². The smallest absolute Gasteiger partial charge is 0.321 e. The average Bonchev–Trinajstić information content (AvgIpc) is 3.37. The lowest BCUT2D eigenvalue weighted by Gasteiger charge is -2.24. The maximum absolute atomic E-state index is 11.9. The minimum absolute atomic E-state index is 0.269. The van der Waals surface area contributed by atoms with Crippen LogP contribution in [0.25, 0.3) is 21.8 Å². The number of H-pyrrole nitrogens is 2. The Morgan fingerprint density at radius 3 is 1.59 bits per heavy atom. The molecule has 2 aromatic heterocycles. The molecule has 0 fully saturated rings. The first-order valence-corrected chi connectivity index (χ1v) is 10.5. The zero-order valence-corrected chi connectivity index (χ0v) is 17.6. The molecule has 0 unspecified atom stereocenters. The van der Waals surface area contributed by atoms with Crippen molar-refractivity contribution < 1.29 is 19.8 Å². The SMILES string of the molecule is CC(N[C@@H](Cc1c[nH]c2ccccc12)C(=O)O)N[C@@H](Cc1c[nH]c2ccccc12)C(=O)O. The van der Waals surface area contributed by atoms with Gasteiger partial charge in [-0.25, -0.2) is 0 Å². The molecule has 4 rings (SSSR count). The molecule has 0 spiro atoms. The molecule has 32 heavy (non-hydrogen) atoms. The number of carbonyl (C=O) groups is 2. The Morgan fingerprint density at radius 2 is 1.19 bits per heavy atom. The van der Waals surface area contributed by atoms with E-state index in [0.717, 1.165) is 32.9 Å². The third-order valence-electron chi connectivity index (χ3n) is 5.70. The second-order valence-electron chi connectivity index (χ2n) is 7.96. The Morgan fingerprint density at radius 1 is 0.781 bits per heavy atom. The molecular weight excluding hydrogens is 408 g/mol. The number of aliphatic carboxylic acids is 2. The summed E-state index contributed by atoms with van der Waals surface area (Å²) in [6.45, 7) is 1.73. The van der Waals surface area contributed by atoms with Crippen LogP contribution in [0.1, 0.15) is 18.1 Å². The molecule has 0 amide bonds. The molecule has 2 heterocycles. The number of hydrogen-bond acceptors (Lipinski definition) is 4. The number of para-hydroxylation sites is 2. The van der Waals surface area contributed by atoms with Crippen molar-refractivity contribution in [2.45, 2.75) is 38.0 Å². The summed E-state index contributed by atoms with van der Waals surface area (Å²) in [7, 11) is 0. The number of carboxylic acids is 2. The van der Waals surface area contributed by atoms with Crippen molar-refractivity contribution in [1.29, 1.82) is 0 Å². The molecule has 0 saturated heterocycles. The lowest BCUT2D eigenvalue weighted by molar-refractivity contribution is -0.139. The summed E-state index contributed by atoms with van der Waals surface area (Å²) in [6, 6.07) is 13.7. The van der Waals surface area contributed by atoms with E-state index in [0.29, 0.717) is 0 Å². The third kappa shape index (κ3) is 4.66. The van der Waals surface area contributed by atoms with Gasteiger partial charge in [-0.05, 0) is 30.2 Å². The van der Waals surface area contributed by atoms with E-state index in [-0.39, 0.29) is 12.8 Å². The van der Waals surface area contributed by atoms with Crippen molar-refractivity contribution in [2.75, 3.05) is 0 Å². The predicted molar refractivity (Wildman–Crippen MR) is 123 cm³/mol. The van der Waals surface area contributed by atoms with E-state index in [4.69, 9.17) is 0 Å². The van der Waals surface area contributed by atoms with Gasteiger partial charge >= 0.3 is 11.9 Å². The number of benzene rings is 2. The number of hydrogen-bond donors (Lipinski definition) is 6. The van der Waals surface area contributed by atoms with Gasteiger partial charge in [-0.3, -0.25) is 20.2 Å². The third-order valence-corrected chi connectivity index (χ3v) is 5.70. The van der Waals surface area contributed by atoms with Crippen LogP contribution in [0.15, 0.2) is 60.9 Å². The number of aromatic nitrogens is 2. The highest BCUT2D eigenvalue weighted by Crippen LogP contribution is 2.20. The maximum Gasteiger partial charge on any atom is 0.321 e. The van der Waals surface area contributed by atoms with E-state index in [1.807, 2.05) is 60.9 Å². The number of nitrogens with one attached hydrogen (secondary N) is 4. The lowest BCUT2D eigenvalue weighted by atomic mass is 10.0. The molecule has 0 aliphatic rings. The zero-order chi connectivity index (χ0) is 22.7. The van der Waals surface area contributed by atoms with Crippen LogP contribution in [0, 0.1) is 0 Å². The summed E-state index contributed by atoms with van der Waals surface area (Å²) in [4.78, 5) is 30.1. The lowest BCUT2D eigenvalue weighted by Crippen LogP contribution is -2.54. The highest BCUT2D eigenvalue weighted by Gasteiger charge is 2.25. The van der Waals surface area contributed by atoms with Crippen molar-refractivity contribution in [3.8, 4) is 0 Å². The van der Waals surface area contributed by atoms with Gasteiger partial charge in [0.1, 0.15) is 12.1 Å². The molecular formula is C24H26N4O4. The van der Waals surface area contributed by atoms with E-state index in [1.165, 1.54) is 0 Å². The molecule has 0 radical (unpaired) electrons. The summed E-state index contributed by atoms with van der Waals surface area (Å²) in [5.74, 6) is -1.99. The Bertz CT molecular complexity index is 1150.